The molecule has 0 bridgehead atoms. The predicted molar refractivity (Wildman–Crippen MR) is 105 cm³/mol. The van der Waals surface area contributed by atoms with Gasteiger partial charge in [0.2, 0.25) is 0 Å². The molecule has 0 aromatic heterocycles. The highest BCUT2D eigenvalue weighted by molar-refractivity contribution is 6.02. The molecule has 28 heavy (non-hydrogen) atoms. The first-order valence-electron chi connectivity index (χ1n) is 8.33. The molecule has 0 fully saturated rings. The van der Waals surface area contributed by atoms with Crippen LogP contribution in [0.2, 0.25) is 0 Å². The van der Waals surface area contributed by atoms with Crippen molar-refractivity contribution in [2.24, 2.45) is 5.10 Å². The van der Waals surface area contributed by atoms with Crippen molar-refractivity contribution in [2.75, 3.05) is 13.7 Å². The van der Waals surface area contributed by atoms with Crippen molar-refractivity contribution in [3.8, 4) is 11.5 Å². The number of methoxy groups -OCH3 is 1. The summed E-state index contributed by atoms with van der Waals surface area (Å²) in [5.41, 5.74) is 3.09. The maximum Gasteiger partial charge on any atom is 0.277 e. The van der Waals surface area contributed by atoms with Crippen molar-refractivity contribution in [1.29, 1.82) is 0 Å². The Morgan fingerprint density at radius 1 is 1.14 bits per heavy atom. The Balaban J connectivity index is 1.62. The highest BCUT2D eigenvalue weighted by Crippen LogP contribution is 2.26. The normalized spacial score (nSPS) is 10.8. The predicted octanol–water partition coefficient (Wildman–Crippen LogP) is 3.29. The van der Waals surface area contributed by atoms with E-state index in [2.05, 4.69) is 10.5 Å². The van der Waals surface area contributed by atoms with Gasteiger partial charge >= 0.3 is 0 Å². The molecule has 3 aromatic rings. The van der Waals surface area contributed by atoms with Crippen molar-refractivity contribution in [3.05, 3.63) is 76.3 Å². The Hall–Kier alpha value is -3.94. The van der Waals surface area contributed by atoms with Crippen LogP contribution in [0.3, 0.4) is 0 Å². The Kier molecular flexibility index (Phi) is 5.81. The van der Waals surface area contributed by atoms with Crippen LogP contribution in [-0.4, -0.2) is 30.8 Å². The molecule has 0 radical (unpaired) electrons. The molecule has 0 atom stereocenters. The molecular weight excluding hydrogens is 362 g/mol. The van der Waals surface area contributed by atoms with E-state index in [9.17, 15) is 14.9 Å². The smallest absolute Gasteiger partial charge is 0.277 e. The molecule has 0 aliphatic heterocycles. The molecule has 3 aromatic carbocycles. The van der Waals surface area contributed by atoms with Gasteiger partial charge < -0.3 is 9.47 Å². The van der Waals surface area contributed by atoms with E-state index in [1.807, 2.05) is 36.4 Å². The van der Waals surface area contributed by atoms with E-state index in [-0.39, 0.29) is 12.3 Å². The monoisotopic (exact) mass is 379 g/mol. The van der Waals surface area contributed by atoms with E-state index in [1.54, 1.807) is 7.11 Å². The summed E-state index contributed by atoms with van der Waals surface area (Å²) >= 11 is 0. The fraction of sp³-hybridized carbons (Fsp3) is 0.100. The number of ether oxygens (including phenoxy) is 2. The van der Waals surface area contributed by atoms with Gasteiger partial charge in [-0.1, -0.05) is 30.3 Å². The number of nitrogens with one attached hydrogen (secondary N) is 1. The molecule has 142 valence electrons. The van der Waals surface area contributed by atoms with Gasteiger partial charge in [-0.15, -0.1) is 0 Å². The van der Waals surface area contributed by atoms with Crippen LogP contribution in [0.1, 0.15) is 5.56 Å². The minimum Gasteiger partial charge on any atom is -0.496 e. The van der Waals surface area contributed by atoms with Crippen molar-refractivity contribution in [2.45, 2.75) is 0 Å². The molecule has 0 saturated carbocycles. The van der Waals surface area contributed by atoms with Gasteiger partial charge in [0.15, 0.2) is 6.61 Å². The second-order valence-corrected chi connectivity index (χ2v) is 5.74. The Morgan fingerprint density at radius 3 is 2.61 bits per heavy atom. The van der Waals surface area contributed by atoms with Crippen LogP contribution < -0.4 is 14.9 Å². The Labute approximate surface area is 160 Å². The maximum absolute atomic E-state index is 11.9. The number of hydrogen-bond acceptors (Lipinski definition) is 6. The molecule has 0 aliphatic rings. The van der Waals surface area contributed by atoms with E-state index >= 15 is 0 Å². The maximum atomic E-state index is 11.9. The molecule has 8 nitrogen and oxygen atoms in total. The first-order valence-corrected chi connectivity index (χ1v) is 8.33. The number of rotatable bonds is 7. The molecule has 3 rings (SSSR count). The van der Waals surface area contributed by atoms with Crippen LogP contribution in [0, 0.1) is 10.1 Å². The lowest BCUT2D eigenvalue weighted by Gasteiger charge is -2.08. The van der Waals surface area contributed by atoms with Gasteiger partial charge in [0.05, 0.1) is 18.2 Å². The topological polar surface area (TPSA) is 103 Å². The summed E-state index contributed by atoms with van der Waals surface area (Å²) in [6, 6.07) is 17.0. The van der Waals surface area contributed by atoms with E-state index < -0.39 is 10.8 Å². The lowest BCUT2D eigenvalue weighted by atomic mass is 10.0. The zero-order chi connectivity index (χ0) is 19.9. The second-order valence-electron chi connectivity index (χ2n) is 5.74. The molecule has 1 N–H and O–H groups in total. The summed E-state index contributed by atoms with van der Waals surface area (Å²) in [7, 11) is 1.57. The number of nitro groups is 1. The standard InChI is InChI=1S/C20H17N3O5/c1-27-19-11-6-14-4-2-3-5-17(14)18(19)12-21-22-20(24)13-28-16-9-7-15(8-10-16)23(25)26/h2-12H,13H2,1H3,(H,22,24). The quantitative estimate of drug-likeness (QED) is 0.385. The van der Waals surface area contributed by atoms with Crippen molar-refractivity contribution in [3.63, 3.8) is 0 Å². The fourth-order valence-corrected chi connectivity index (χ4v) is 2.60. The lowest BCUT2D eigenvalue weighted by molar-refractivity contribution is -0.384. The number of carbonyl (C=O) groups excluding carboxylic acids is 1. The van der Waals surface area contributed by atoms with Crippen LogP contribution in [0.15, 0.2) is 65.8 Å². The third-order valence-electron chi connectivity index (χ3n) is 3.95. The average Bonchev–Trinajstić information content (AvgIpc) is 2.72. The third kappa shape index (κ3) is 4.42. The highest BCUT2D eigenvalue weighted by Gasteiger charge is 2.08. The largest absolute Gasteiger partial charge is 0.496 e. The third-order valence-corrected chi connectivity index (χ3v) is 3.95. The van der Waals surface area contributed by atoms with E-state index in [0.29, 0.717) is 11.5 Å². The average molecular weight is 379 g/mol. The van der Waals surface area contributed by atoms with Gasteiger partial charge in [-0.3, -0.25) is 14.9 Å². The minimum atomic E-state index is -0.507. The molecule has 0 unspecified atom stereocenters. The van der Waals surface area contributed by atoms with Crippen LogP contribution in [0.25, 0.3) is 10.8 Å². The molecular formula is C20H17N3O5. The van der Waals surface area contributed by atoms with Crippen LogP contribution >= 0.6 is 0 Å². The number of non-ortho nitro benzene ring substituents is 1. The van der Waals surface area contributed by atoms with E-state index in [0.717, 1.165) is 16.3 Å². The number of nitro benzene ring substituents is 1. The Bertz CT molecular complexity index is 1030. The first kappa shape index (κ1) is 18.8. The summed E-state index contributed by atoms with van der Waals surface area (Å²) < 4.78 is 10.7. The van der Waals surface area contributed by atoms with Crippen LogP contribution in [-0.2, 0) is 4.79 Å². The SMILES string of the molecule is COc1ccc2ccccc2c1C=NNC(=O)COc1ccc([N+](=O)[O-])cc1. The van der Waals surface area contributed by atoms with Gasteiger partial charge in [0.1, 0.15) is 11.5 Å². The van der Waals surface area contributed by atoms with Crippen molar-refractivity contribution >= 4 is 28.6 Å². The van der Waals surface area contributed by atoms with Gasteiger partial charge in [-0.05, 0) is 29.0 Å². The van der Waals surface area contributed by atoms with Gasteiger partial charge in [0.25, 0.3) is 11.6 Å². The minimum absolute atomic E-state index is 0.0505. The van der Waals surface area contributed by atoms with Gasteiger partial charge in [0, 0.05) is 17.7 Å². The summed E-state index contributed by atoms with van der Waals surface area (Å²) in [5, 5.41) is 16.6. The van der Waals surface area contributed by atoms with E-state index in [4.69, 9.17) is 9.47 Å². The zero-order valence-electron chi connectivity index (χ0n) is 15.0. The summed E-state index contributed by atoms with van der Waals surface area (Å²) in [6.45, 7) is -0.276. The summed E-state index contributed by atoms with van der Waals surface area (Å²) in [5.74, 6) is 0.521. The number of carbonyl (C=O) groups is 1. The van der Waals surface area contributed by atoms with E-state index in [1.165, 1.54) is 30.5 Å². The first-order chi connectivity index (χ1) is 13.6. The fourth-order valence-electron chi connectivity index (χ4n) is 2.60. The van der Waals surface area contributed by atoms with Crippen LogP contribution in [0.5, 0.6) is 11.5 Å². The van der Waals surface area contributed by atoms with Crippen LogP contribution in [0.4, 0.5) is 5.69 Å². The number of benzene rings is 3. The van der Waals surface area contributed by atoms with Crippen molar-refractivity contribution in [1.82, 2.24) is 5.43 Å². The lowest BCUT2D eigenvalue weighted by Crippen LogP contribution is -2.24. The highest BCUT2D eigenvalue weighted by atomic mass is 16.6. The molecule has 0 heterocycles. The molecule has 0 saturated heterocycles. The number of amides is 1. The number of hydrazone groups is 1. The Morgan fingerprint density at radius 2 is 1.89 bits per heavy atom. The molecule has 8 heteroatoms. The second kappa shape index (κ2) is 8.63. The molecule has 1 amide bonds. The number of hydrogen-bond donors (Lipinski definition) is 1. The number of fused-ring (bicyclic) bond motifs is 1. The molecule has 0 spiro atoms. The number of nitrogens with zero attached hydrogens (tertiary/aromatic N) is 2. The molecule has 0 aliphatic carbocycles. The van der Waals surface area contributed by atoms with Gasteiger partial charge in [-0.25, -0.2) is 5.43 Å². The summed E-state index contributed by atoms with van der Waals surface area (Å²) in [6.07, 6.45) is 1.52. The van der Waals surface area contributed by atoms with Crippen molar-refractivity contribution < 1.29 is 19.2 Å². The summed E-state index contributed by atoms with van der Waals surface area (Å²) in [4.78, 5) is 22.0. The zero-order valence-corrected chi connectivity index (χ0v) is 15.0. The van der Waals surface area contributed by atoms with Gasteiger partial charge in [-0.2, -0.15) is 5.10 Å².